The van der Waals surface area contributed by atoms with Crippen LogP contribution < -0.4 is 5.32 Å². The van der Waals surface area contributed by atoms with Crippen molar-refractivity contribution in [2.75, 3.05) is 13.7 Å². The van der Waals surface area contributed by atoms with E-state index < -0.39 is 5.92 Å². The first kappa shape index (κ1) is 12.5. The topological polar surface area (TPSA) is 55.4 Å². The number of esters is 1. The molecule has 0 aliphatic carbocycles. The molecule has 2 rings (SSSR count). The van der Waals surface area contributed by atoms with Gasteiger partial charge in [0.15, 0.2) is 0 Å². The Hall–Kier alpha value is -1.91. The minimum Gasteiger partial charge on any atom is -0.469 e. The standard InChI is InChI=1S/C13H14FNO3/c1-18-13(17)11-7-15-12(16)6-10(11)8-2-4-9(14)5-3-8/h2-5,10-11H,6-7H2,1H3,(H,15,16)/t10-,11-/m1/s1. The molecule has 0 spiro atoms. The highest BCUT2D eigenvalue weighted by Gasteiger charge is 2.35. The maximum absolute atomic E-state index is 12.9. The lowest BCUT2D eigenvalue weighted by atomic mass is 9.81. The Balaban J connectivity index is 2.27. The quantitative estimate of drug-likeness (QED) is 0.804. The summed E-state index contributed by atoms with van der Waals surface area (Å²) in [5.74, 6) is -1.48. The van der Waals surface area contributed by atoms with Gasteiger partial charge in [-0.3, -0.25) is 9.59 Å². The van der Waals surface area contributed by atoms with E-state index in [0.717, 1.165) is 5.56 Å². The predicted octanol–water partition coefficient (Wildman–Crippen LogP) is 1.22. The van der Waals surface area contributed by atoms with E-state index in [-0.39, 0.29) is 36.6 Å². The van der Waals surface area contributed by atoms with Crippen molar-refractivity contribution in [1.29, 1.82) is 0 Å². The molecule has 0 radical (unpaired) electrons. The lowest BCUT2D eigenvalue weighted by Gasteiger charge is -2.29. The van der Waals surface area contributed by atoms with Crippen molar-refractivity contribution in [3.8, 4) is 0 Å². The average molecular weight is 251 g/mol. The van der Waals surface area contributed by atoms with Gasteiger partial charge in [-0.25, -0.2) is 4.39 Å². The highest BCUT2D eigenvalue weighted by atomic mass is 19.1. The molecule has 1 amide bonds. The second-order valence-corrected chi connectivity index (χ2v) is 4.30. The van der Waals surface area contributed by atoms with E-state index in [1.54, 1.807) is 12.1 Å². The van der Waals surface area contributed by atoms with Crippen LogP contribution in [-0.4, -0.2) is 25.5 Å². The lowest BCUT2D eigenvalue weighted by molar-refractivity contribution is -0.147. The number of benzene rings is 1. The number of nitrogens with one attached hydrogen (secondary N) is 1. The molecule has 1 fully saturated rings. The van der Waals surface area contributed by atoms with Gasteiger partial charge in [-0.2, -0.15) is 0 Å². The summed E-state index contributed by atoms with van der Waals surface area (Å²) in [6.07, 6.45) is 0.214. The van der Waals surface area contributed by atoms with E-state index in [1.807, 2.05) is 0 Å². The fourth-order valence-corrected chi connectivity index (χ4v) is 2.24. The summed E-state index contributed by atoms with van der Waals surface area (Å²) < 4.78 is 17.6. The van der Waals surface area contributed by atoms with E-state index >= 15 is 0 Å². The van der Waals surface area contributed by atoms with E-state index in [1.165, 1.54) is 19.2 Å². The Labute approximate surface area is 104 Å². The number of methoxy groups -OCH3 is 1. The van der Waals surface area contributed by atoms with Gasteiger partial charge in [0.25, 0.3) is 0 Å². The highest BCUT2D eigenvalue weighted by Crippen LogP contribution is 2.31. The smallest absolute Gasteiger partial charge is 0.311 e. The van der Waals surface area contributed by atoms with Gasteiger partial charge in [-0.05, 0) is 17.7 Å². The number of carbonyl (C=O) groups is 2. The van der Waals surface area contributed by atoms with Gasteiger partial charge in [0.1, 0.15) is 5.82 Å². The molecule has 1 N–H and O–H groups in total. The van der Waals surface area contributed by atoms with Gasteiger partial charge in [0, 0.05) is 18.9 Å². The summed E-state index contributed by atoms with van der Waals surface area (Å²) in [6, 6.07) is 5.87. The van der Waals surface area contributed by atoms with Crippen LogP contribution in [0.2, 0.25) is 0 Å². The number of rotatable bonds is 2. The molecule has 0 unspecified atom stereocenters. The molecule has 1 aliphatic heterocycles. The third-order valence-corrected chi connectivity index (χ3v) is 3.21. The summed E-state index contributed by atoms with van der Waals surface area (Å²) in [7, 11) is 1.32. The Kier molecular flexibility index (Phi) is 3.60. The minimum atomic E-state index is -0.418. The van der Waals surface area contributed by atoms with Crippen LogP contribution in [0.4, 0.5) is 4.39 Å². The van der Waals surface area contributed by atoms with E-state index in [2.05, 4.69) is 5.32 Å². The highest BCUT2D eigenvalue weighted by molar-refractivity contribution is 5.83. The van der Waals surface area contributed by atoms with Crippen LogP contribution in [0, 0.1) is 11.7 Å². The maximum Gasteiger partial charge on any atom is 0.311 e. The van der Waals surface area contributed by atoms with Crippen LogP contribution in [0.5, 0.6) is 0 Å². The number of halogens is 1. The zero-order valence-electron chi connectivity index (χ0n) is 9.98. The van der Waals surface area contributed by atoms with Crippen LogP contribution in [0.1, 0.15) is 17.9 Å². The molecule has 5 heteroatoms. The first-order valence-electron chi connectivity index (χ1n) is 5.72. The van der Waals surface area contributed by atoms with Crippen LogP contribution in [0.3, 0.4) is 0 Å². The number of carbonyl (C=O) groups excluding carboxylic acids is 2. The molecular formula is C13H14FNO3. The first-order valence-corrected chi connectivity index (χ1v) is 5.72. The largest absolute Gasteiger partial charge is 0.469 e. The van der Waals surface area contributed by atoms with Gasteiger partial charge >= 0.3 is 5.97 Å². The summed E-state index contributed by atoms with van der Waals surface area (Å²) in [5, 5.41) is 2.64. The summed E-state index contributed by atoms with van der Waals surface area (Å²) in [5.41, 5.74) is 0.779. The monoisotopic (exact) mass is 251 g/mol. The summed E-state index contributed by atoms with van der Waals surface area (Å²) in [4.78, 5) is 23.1. The molecule has 0 saturated carbocycles. The van der Waals surface area contributed by atoms with Crippen molar-refractivity contribution in [1.82, 2.24) is 5.32 Å². The Bertz CT molecular complexity index is 458. The molecule has 96 valence electrons. The van der Waals surface area contributed by atoms with Crippen LogP contribution >= 0.6 is 0 Å². The molecule has 0 aromatic heterocycles. The zero-order valence-corrected chi connectivity index (χ0v) is 9.98. The van der Waals surface area contributed by atoms with Gasteiger partial charge in [0.2, 0.25) is 5.91 Å². The van der Waals surface area contributed by atoms with Gasteiger partial charge in [-0.1, -0.05) is 12.1 Å². The molecule has 2 atom stereocenters. The molecule has 1 aromatic rings. The Morgan fingerprint density at radius 3 is 2.67 bits per heavy atom. The van der Waals surface area contributed by atoms with Crippen molar-refractivity contribution in [2.45, 2.75) is 12.3 Å². The molecule has 18 heavy (non-hydrogen) atoms. The number of amides is 1. The van der Waals surface area contributed by atoms with Gasteiger partial charge in [-0.15, -0.1) is 0 Å². The summed E-state index contributed by atoms with van der Waals surface area (Å²) in [6.45, 7) is 0.257. The minimum absolute atomic E-state index is 0.107. The van der Waals surface area contributed by atoms with E-state index in [9.17, 15) is 14.0 Å². The third-order valence-electron chi connectivity index (χ3n) is 3.21. The van der Waals surface area contributed by atoms with E-state index in [0.29, 0.717) is 0 Å². The molecule has 1 aromatic carbocycles. The van der Waals surface area contributed by atoms with Crippen LogP contribution in [-0.2, 0) is 14.3 Å². The Morgan fingerprint density at radius 1 is 1.39 bits per heavy atom. The van der Waals surface area contributed by atoms with Crippen molar-refractivity contribution < 1.29 is 18.7 Å². The third kappa shape index (κ3) is 2.50. The molecule has 1 aliphatic rings. The lowest BCUT2D eigenvalue weighted by Crippen LogP contribution is -2.43. The number of hydrogen-bond donors (Lipinski definition) is 1. The Morgan fingerprint density at radius 2 is 2.06 bits per heavy atom. The number of piperidine rings is 1. The average Bonchev–Trinajstić information content (AvgIpc) is 2.38. The zero-order chi connectivity index (χ0) is 13.1. The predicted molar refractivity (Wildman–Crippen MR) is 62.3 cm³/mol. The first-order chi connectivity index (χ1) is 8.61. The van der Waals surface area contributed by atoms with Crippen LogP contribution in [0.25, 0.3) is 0 Å². The molecule has 1 saturated heterocycles. The molecule has 0 bridgehead atoms. The molecular weight excluding hydrogens is 237 g/mol. The van der Waals surface area contributed by atoms with Crippen molar-refractivity contribution in [3.05, 3.63) is 35.6 Å². The fourth-order valence-electron chi connectivity index (χ4n) is 2.24. The van der Waals surface area contributed by atoms with Gasteiger partial charge in [0.05, 0.1) is 13.0 Å². The second-order valence-electron chi connectivity index (χ2n) is 4.30. The SMILES string of the molecule is COC(=O)[C@@H]1CNC(=O)C[C@@H]1c1ccc(F)cc1. The van der Waals surface area contributed by atoms with E-state index in [4.69, 9.17) is 4.74 Å². The molecule has 4 nitrogen and oxygen atoms in total. The number of ether oxygens (including phenoxy) is 1. The maximum atomic E-state index is 12.9. The van der Waals surface area contributed by atoms with Crippen molar-refractivity contribution >= 4 is 11.9 Å². The summed E-state index contributed by atoms with van der Waals surface area (Å²) >= 11 is 0. The normalized spacial score (nSPS) is 23.3. The number of hydrogen-bond acceptors (Lipinski definition) is 3. The van der Waals surface area contributed by atoms with Crippen molar-refractivity contribution in [3.63, 3.8) is 0 Å². The van der Waals surface area contributed by atoms with Gasteiger partial charge < -0.3 is 10.1 Å². The second kappa shape index (κ2) is 5.16. The van der Waals surface area contributed by atoms with Crippen molar-refractivity contribution in [2.24, 2.45) is 5.92 Å². The molecule has 1 heterocycles. The fraction of sp³-hybridized carbons (Fsp3) is 0.385. The van der Waals surface area contributed by atoms with Crippen LogP contribution in [0.15, 0.2) is 24.3 Å².